The lowest BCUT2D eigenvalue weighted by Crippen LogP contribution is -2.25. The number of benzene rings is 2. The van der Waals surface area contributed by atoms with Crippen LogP contribution >= 0.6 is 0 Å². The van der Waals surface area contributed by atoms with Gasteiger partial charge in [0.05, 0.1) is 18.2 Å². The Morgan fingerprint density at radius 1 is 1.09 bits per heavy atom. The number of hydrogen-bond acceptors (Lipinski definition) is 4. The highest BCUT2D eigenvalue weighted by molar-refractivity contribution is 7.95. The van der Waals surface area contributed by atoms with Crippen LogP contribution in [0.25, 0.3) is 6.08 Å². The maximum atomic E-state index is 12.4. The number of carbonyl (C=O) groups is 1. The zero-order valence-corrected chi connectivity index (χ0v) is 13.7. The normalized spacial score (nSPS) is 11.4. The van der Waals surface area contributed by atoms with Crippen LogP contribution in [-0.2, 0) is 10.0 Å². The molecule has 5 nitrogen and oxygen atoms in total. The predicted molar refractivity (Wildman–Crippen MR) is 91.2 cm³/mol. The number of carbonyl (C=O) groups excluding carboxylic acids is 1. The molecule has 0 N–H and O–H groups in total. The molecule has 2 rings (SSSR count). The Hall–Kier alpha value is -2.60. The molecule has 0 unspecified atom stereocenters. The quantitative estimate of drug-likeness (QED) is 0.764. The molecule has 0 atom stereocenters. The Kier molecular flexibility index (Phi) is 5.18. The molecule has 0 aliphatic heterocycles. The Morgan fingerprint density at radius 2 is 1.78 bits per heavy atom. The number of anilines is 1. The van der Waals surface area contributed by atoms with Crippen molar-refractivity contribution < 1.29 is 17.9 Å². The van der Waals surface area contributed by atoms with Crippen LogP contribution in [-0.4, -0.2) is 28.9 Å². The van der Waals surface area contributed by atoms with Crippen LogP contribution in [0.15, 0.2) is 53.9 Å². The van der Waals surface area contributed by atoms with E-state index in [1.807, 2.05) is 18.2 Å². The molecular weight excluding hydrogens is 314 g/mol. The van der Waals surface area contributed by atoms with E-state index >= 15 is 0 Å². The number of nitrogens with zero attached hydrogens (tertiary/aromatic N) is 1. The molecule has 0 spiro atoms. The van der Waals surface area contributed by atoms with Gasteiger partial charge in [-0.25, -0.2) is 8.42 Å². The number of rotatable bonds is 6. The molecule has 0 amide bonds. The molecule has 0 bridgehead atoms. The summed E-state index contributed by atoms with van der Waals surface area (Å²) in [5.74, 6) is 0.487. The van der Waals surface area contributed by atoms with E-state index in [9.17, 15) is 13.2 Å². The minimum Gasteiger partial charge on any atom is -0.497 e. The second-order valence-electron chi connectivity index (χ2n) is 4.77. The highest BCUT2D eigenvalue weighted by Gasteiger charge is 2.18. The van der Waals surface area contributed by atoms with Gasteiger partial charge in [-0.15, -0.1) is 0 Å². The fourth-order valence-electron chi connectivity index (χ4n) is 2.00. The lowest BCUT2D eigenvalue weighted by molar-refractivity contribution is 0.112. The Labute approximate surface area is 135 Å². The van der Waals surface area contributed by atoms with Crippen molar-refractivity contribution in [1.29, 1.82) is 0 Å². The average molecular weight is 331 g/mol. The zero-order chi connectivity index (χ0) is 16.9. The lowest BCUT2D eigenvalue weighted by Gasteiger charge is -2.19. The summed E-state index contributed by atoms with van der Waals surface area (Å²) < 4.78 is 30.9. The highest BCUT2D eigenvalue weighted by atomic mass is 32.2. The van der Waals surface area contributed by atoms with E-state index < -0.39 is 10.0 Å². The maximum absolute atomic E-state index is 12.4. The Bertz CT molecular complexity index is 814. The number of methoxy groups -OCH3 is 1. The van der Waals surface area contributed by atoms with Crippen LogP contribution in [0.5, 0.6) is 5.75 Å². The first-order valence-electron chi connectivity index (χ1n) is 6.83. The molecule has 0 aromatic heterocycles. The van der Waals surface area contributed by atoms with Crippen molar-refractivity contribution in [3.8, 4) is 5.75 Å². The van der Waals surface area contributed by atoms with Gasteiger partial charge in [0.1, 0.15) is 5.75 Å². The van der Waals surface area contributed by atoms with Gasteiger partial charge in [-0.3, -0.25) is 9.10 Å². The fourth-order valence-corrected chi connectivity index (χ4v) is 2.95. The largest absolute Gasteiger partial charge is 0.497 e. The van der Waals surface area contributed by atoms with Crippen molar-refractivity contribution in [2.75, 3.05) is 18.5 Å². The molecule has 2 aromatic rings. The van der Waals surface area contributed by atoms with Crippen molar-refractivity contribution in [2.45, 2.75) is 0 Å². The predicted octanol–water partition coefficient (Wildman–Crippen LogP) is 2.94. The van der Waals surface area contributed by atoms with E-state index in [0.29, 0.717) is 17.7 Å². The molecule has 2 aromatic carbocycles. The molecule has 0 saturated heterocycles. The van der Waals surface area contributed by atoms with E-state index in [1.54, 1.807) is 18.2 Å². The van der Waals surface area contributed by atoms with E-state index in [4.69, 9.17) is 4.74 Å². The third-order valence-electron chi connectivity index (χ3n) is 3.31. The summed E-state index contributed by atoms with van der Waals surface area (Å²) in [4.78, 5) is 11.2. The van der Waals surface area contributed by atoms with E-state index in [-0.39, 0.29) is 5.56 Å². The van der Waals surface area contributed by atoms with Crippen molar-refractivity contribution >= 4 is 28.1 Å². The summed E-state index contributed by atoms with van der Waals surface area (Å²) in [6, 6.07) is 13.7. The molecule has 0 saturated carbocycles. The summed E-state index contributed by atoms with van der Waals surface area (Å²) >= 11 is 0. The minimum absolute atomic E-state index is 0.239. The lowest BCUT2D eigenvalue weighted by atomic mass is 10.2. The third-order valence-corrected chi connectivity index (χ3v) is 4.75. The summed E-state index contributed by atoms with van der Waals surface area (Å²) in [6.45, 7) is 0. The van der Waals surface area contributed by atoms with Crippen LogP contribution in [0.1, 0.15) is 15.9 Å². The van der Waals surface area contributed by atoms with Crippen LogP contribution in [0, 0.1) is 0 Å². The van der Waals surface area contributed by atoms with Crippen molar-refractivity contribution in [3.05, 3.63) is 65.1 Å². The van der Waals surface area contributed by atoms with Gasteiger partial charge < -0.3 is 4.74 Å². The van der Waals surface area contributed by atoms with E-state index in [0.717, 1.165) is 15.3 Å². The standard InChI is InChI=1S/C17H17NO4S/c1-18(17-9-8-16(22-2)12-15(17)13-19)23(20,21)11-10-14-6-4-3-5-7-14/h3-13H,1-2H3/b11-10+. The SMILES string of the molecule is COc1ccc(N(C)S(=O)(=O)/C=C/c2ccccc2)c(C=O)c1. The van der Waals surface area contributed by atoms with Crippen molar-refractivity contribution in [3.63, 3.8) is 0 Å². The minimum atomic E-state index is -3.71. The highest BCUT2D eigenvalue weighted by Crippen LogP contribution is 2.25. The van der Waals surface area contributed by atoms with Gasteiger partial charge in [0.25, 0.3) is 10.0 Å². The van der Waals surface area contributed by atoms with Crippen molar-refractivity contribution in [2.24, 2.45) is 0 Å². The van der Waals surface area contributed by atoms with Crippen LogP contribution < -0.4 is 9.04 Å². The number of sulfonamides is 1. The molecule has 0 aliphatic rings. The first kappa shape index (κ1) is 16.8. The van der Waals surface area contributed by atoms with Crippen LogP contribution in [0.3, 0.4) is 0 Å². The summed E-state index contributed by atoms with van der Waals surface area (Å²) in [7, 11) is -0.830. The number of ether oxygens (including phenoxy) is 1. The molecule has 0 radical (unpaired) electrons. The van der Waals surface area contributed by atoms with Gasteiger partial charge in [0, 0.05) is 12.6 Å². The van der Waals surface area contributed by atoms with Crippen LogP contribution in [0.2, 0.25) is 0 Å². The molecule has 120 valence electrons. The number of aldehydes is 1. The average Bonchev–Trinajstić information content (AvgIpc) is 2.59. The molecule has 0 fully saturated rings. The Morgan fingerprint density at radius 3 is 2.39 bits per heavy atom. The zero-order valence-electron chi connectivity index (χ0n) is 12.8. The summed E-state index contributed by atoms with van der Waals surface area (Å²) in [6.07, 6.45) is 2.11. The topological polar surface area (TPSA) is 63.7 Å². The number of hydrogen-bond donors (Lipinski definition) is 0. The van der Waals surface area contributed by atoms with Gasteiger partial charge in [0.15, 0.2) is 6.29 Å². The van der Waals surface area contributed by atoms with Crippen LogP contribution in [0.4, 0.5) is 5.69 Å². The first-order valence-corrected chi connectivity index (χ1v) is 8.33. The van der Waals surface area contributed by atoms with Gasteiger partial charge in [-0.05, 0) is 29.8 Å². The molecular formula is C17H17NO4S. The molecule has 0 heterocycles. The van der Waals surface area contributed by atoms with E-state index in [2.05, 4.69) is 0 Å². The first-order chi connectivity index (χ1) is 11.0. The second-order valence-corrected chi connectivity index (χ2v) is 6.62. The molecule has 6 heteroatoms. The Balaban J connectivity index is 2.33. The van der Waals surface area contributed by atoms with Gasteiger partial charge in [-0.1, -0.05) is 30.3 Å². The second kappa shape index (κ2) is 7.11. The fraction of sp³-hybridized carbons (Fsp3) is 0.118. The maximum Gasteiger partial charge on any atom is 0.257 e. The third kappa shape index (κ3) is 3.98. The smallest absolute Gasteiger partial charge is 0.257 e. The summed E-state index contributed by atoms with van der Waals surface area (Å²) in [5.41, 5.74) is 1.30. The summed E-state index contributed by atoms with van der Waals surface area (Å²) in [5, 5.41) is 1.11. The van der Waals surface area contributed by atoms with Gasteiger partial charge >= 0.3 is 0 Å². The molecule has 23 heavy (non-hydrogen) atoms. The van der Waals surface area contributed by atoms with Gasteiger partial charge in [-0.2, -0.15) is 0 Å². The van der Waals surface area contributed by atoms with Gasteiger partial charge in [0.2, 0.25) is 0 Å². The molecule has 0 aliphatic carbocycles. The van der Waals surface area contributed by atoms with Crippen molar-refractivity contribution in [1.82, 2.24) is 0 Å². The van der Waals surface area contributed by atoms with E-state index in [1.165, 1.54) is 32.4 Å². The monoisotopic (exact) mass is 331 g/mol.